The van der Waals surface area contributed by atoms with Crippen LogP contribution in [0.4, 0.5) is 0 Å². The molecule has 0 spiro atoms. The molecular weight excluding hydrogens is 224 g/mol. The van der Waals surface area contributed by atoms with Crippen molar-refractivity contribution < 1.29 is 5.11 Å². The summed E-state index contributed by atoms with van der Waals surface area (Å²) in [5, 5.41) is 13.8. The number of phenolic OH excluding ortho intramolecular Hbond substituents is 1. The number of halogens is 1. The Kier molecular flexibility index (Phi) is 3.69. The largest absolute Gasteiger partial charge is 0.508 e. The van der Waals surface area contributed by atoms with Gasteiger partial charge in [0.25, 0.3) is 0 Å². The van der Waals surface area contributed by atoms with Gasteiger partial charge in [0, 0.05) is 42.8 Å². The van der Waals surface area contributed by atoms with Crippen LogP contribution in [0.2, 0.25) is 5.02 Å². The van der Waals surface area contributed by atoms with Crippen LogP contribution in [0.1, 0.15) is 12.5 Å². The molecule has 2 rings (SSSR count). The topological polar surface area (TPSA) is 35.5 Å². The van der Waals surface area contributed by atoms with Crippen LogP contribution in [-0.2, 0) is 6.54 Å². The van der Waals surface area contributed by atoms with Gasteiger partial charge in [-0.25, -0.2) is 0 Å². The van der Waals surface area contributed by atoms with E-state index >= 15 is 0 Å². The standard InChI is InChI=1S/C12H17ClN2O/c1-9-7-15(5-4-14-9)8-10-6-11(13)2-3-12(10)16/h2-3,6,9,14,16H,4-5,7-8H2,1H3/t9-/m0/s1. The van der Waals surface area contributed by atoms with Crippen molar-refractivity contribution in [2.75, 3.05) is 19.6 Å². The Morgan fingerprint density at radius 2 is 2.38 bits per heavy atom. The van der Waals surface area contributed by atoms with E-state index in [1.54, 1.807) is 12.1 Å². The second-order valence-electron chi connectivity index (χ2n) is 4.36. The first-order valence-electron chi connectivity index (χ1n) is 5.58. The van der Waals surface area contributed by atoms with Gasteiger partial charge < -0.3 is 10.4 Å². The summed E-state index contributed by atoms with van der Waals surface area (Å²) in [5.41, 5.74) is 0.904. The van der Waals surface area contributed by atoms with Gasteiger partial charge in [-0.2, -0.15) is 0 Å². The SMILES string of the molecule is C[C@H]1CN(Cc2cc(Cl)ccc2O)CCN1. The summed E-state index contributed by atoms with van der Waals surface area (Å²) in [6, 6.07) is 5.71. The fourth-order valence-corrected chi connectivity index (χ4v) is 2.27. The molecule has 16 heavy (non-hydrogen) atoms. The predicted octanol–water partition coefficient (Wildman–Crippen LogP) is 1.84. The molecule has 1 atom stereocenters. The molecule has 3 nitrogen and oxygen atoms in total. The Bertz CT molecular complexity index is 370. The van der Waals surface area contributed by atoms with Crippen LogP contribution in [0.15, 0.2) is 18.2 Å². The number of nitrogens with one attached hydrogen (secondary N) is 1. The number of piperazine rings is 1. The van der Waals surface area contributed by atoms with Gasteiger partial charge in [-0.05, 0) is 25.1 Å². The fraction of sp³-hybridized carbons (Fsp3) is 0.500. The molecule has 1 aliphatic heterocycles. The Labute approximate surface area is 101 Å². The van der Waals surface area contributed by atoms with Crippen LogP contribution in [0.25, 0.3) is 0 Å². The average Bonchev–Trinajstić information content (AvgIpc) is 2.24. The minimum atomic E-state index is 0.329. The van der Waals surface area contributed by atoms with Crippen LogP contribution in [0, 0.1) is 0 Å². The first-order chi connectivity index (χ1) is 7.65. The Balaban J connectivity index is 2.05. The van der Waals surface area contributed by atoms with E-state index in [2.05, 4.69) is 17.1 Å². The Morgan fingerprint density at radius 1 is 1.56 bits per heavy atom. The highest BCUT2D eigenvalue weighted by atomic mass is 35.5. The minimum Gasteiger partial charge on any atom is -0.508 e. The maximum Gasteiger partial charge on any atom is 0.120 e. The number of rotatable bonds is 2. The van der Waals surface area contributed by atoms with Crippen molar-refractivity contribution in [3.05, 3.63) is 28.8 Å². The molecular formula is C12H17ClN2O. The van der Waals surface area contributed by atoms with Crippen LogP contribution in [0.5, 0.6) is 5.75 Å². The van der Waals surface area contributed by atoms with Crippen molar-refractivity contribution in [2.24, 2.45) is 0 Å². The molecule has 0 unspecified atom stereocenters. The van der Waals surface area contributed by atoms with Gasteiger partial charge in [-0.3, -0.25) is 4.90 Å². The number of hydrogen-bond acceptors (Lipinski definition) is 3. The number of hydrogen-bond donors (Lipinski definition) is 2. The minimum absolute atomic E-state index is 0.329. The molecule has 0 amide bonds. The van der Waals surface area contributed by atoms with Crippen LogP contribution in [0.3, 0.4) is 0 Å². The monoisotopic (exact) mass is 240 g/mol. The molecule has 1 saturated heterocycles. The van der Waals surface area contributed by atoms with Gasteiger partial charge in [0.15, 0.2) is 0 Å². The zero-order chi connectivity index (χ0) is 11.5. The lowest BCUT2D eigenvalue weighted by Gasteiger charge is -2.31. The average molecular weight is 241 g/mol. The molecule has 0 aromatic heterocycles. The van der Waals surface area contributed by atoms with Crippen molar-refractivity contribution in [3.63, 3.8) is 0 Å². The molecule has 0 saturated carbocycles. The van der Waals surface area contributed by atoms with E-state index in [1.807, 2.05) is 6.07 Å². The first kappa shape index (κ1) is 11.7. The number of aromatic hydroxyl groups is 1. The zero-order valence-corrected chi connectivity index (χ0v) is 10.2. The Morgan fingerprint density at radius 3 is 3.12 bits per heavy atom. The van der Waals surface area contributed by atoms with Crippen LogP contribution < -0.4 is 5.32 Å². The second kappa shape index (κ2) is 5.04. The maximum absolute atomic E-state index is 9.73. The smallest absolute Gasteiger partial charge is 0.120 e. The number of nitrogens with zero attached hydrogens (tertiary/aromatic N) is 1. The van der Waals surface area contributed by atoms with E-state index in [-0.39, 0.29) is 0 Å². The number of benzene rings is 1. The molecule has 1 aliphatic rings. The molecule has 1 aromatic rings. The molecule has 1 aromatic carbocycles. The second-order valence-corrected chi connectivity index (χ2v) is 4.80. The van der Waals surface area contributed by atoms with Crippen LogP contribution >= 0.6 is 11.6 Å². The number of phenols is 1. The summed E-state index contributed by atoms with van der Waals surface area (Å²) >= 11 is 5.92. The highest BCUT2D eigenvalue weighted by molar-refractivity contribution is 6.30. The van der Waals surface area contributed by atoms with E-state index in [4.69, 9.17) is 11.6 Å². The van der Waals surface area contributed by atoms with Gasteiger partial charge >= 0.3 is 0 Å². The van der Waals surface area contributed by atoms with E-state index in [0.29, 0.717) is 16.8 Å². The van der Waals surface area contributed by atoms with E-state index in [1.165, 1.54) is 0 Å². The lowest BCUT2D eigenvalue weighted by Crippen LogP contribution is -2.48. The highest BCUT2D eigenvalue weighted by Crippen LogP contribution is 2.23. The summed E-state index contributed by atoms with van der Waals surface area (Å²) in [5.74, 6) is 0.329. The van der Waals surface area contributed by atoms with Gasteiger partial charge in [-0.1, -0.05) is 11.6 Å². The summed E-state index contributed by atoms with van der Waals surface area (Å²) in [4.78, 5) is 2.33. The molecule has 88 valence electrons. The van der Waals surface area contributed by atoms with E-state index in [9.17, 15) is 5.11 Å². The summed E-state index contributed by atoms with van der Waals surface area (Å²) in [6.45, 7) is 5.95. The lowest BCUT2D eigenvalue weighted by atomic mass is 10.1. The quantitative estimate of drug-likeness (QED) is 0.828. The van der Waals surface area contributed by atoms with E-state index < -0.39 is 0 Å². The maximum atomic E-state index is 9.73. The van der Waals surface area contributed by atoms with Crippen molar-refractivity contribution >= 4 is 11.6 Å². The predicted molar refractivity (Wildman–Crippen MR) is 65.9 cm³/mol. The fourth-order valence-electron chi connectivity index (χ4n) is 2.08. The van der Waals surface area contributed by atoms with Gasteiger partial charge in [-0.15, -0.1) is 0 Å². The molecule has 0 aliphatic carbocycles. The van der Waals surface area contributed by atoms with Gasteiger partial charge in [0.2, 0.25) is 0 Å². The zero-order valence-electron chi connectivity index (χ0n) is 9.41. The van der Waals surface area contributed by atoms with Crippen LogP contribution in [-0.4, -0.2) is 35.7 Å². The molecule has 0 bridgehead atoms. The molecule has 2 N–H and O–H groups in total. The summed E-state index contributed by atoms with van der Waals surface area (Å²) < 4.78 is 0. The van der Waals surface area contributed by atoms with Gasteiger partial charge in [0.05, 0.1) is 0 Å². The molecule has 4 heteroatoms. The third-order valence-electron chi connectivity index (χ3n) is 2.89. The summed E-state index contributed by atoms with van der Waals surface area (Å²) in [6.07, 6.45) is 0. The first-order valence-corrected chi connectivity index (χ1v) is 5.96. The van der Waals surface area contributed by atoms with Crippen molar-refractivity contribution in [3.8, 4) is 5.75 Å². The highest BCUT2D eigenvalue weighted by Gasteiger charge is 2.16. The molecule has 1 fully saturated rings. The van der Waals surface area contributed by atoms with Crippen molar-refractivity contribution in [1.29, 1.82) is 0 Å². The Hall–Kier alpha value is -0.770. The normalized spacial score (nSPS) is 22.2. The molecule has 0 radical (unpaired) electrons. The third-order valence-corrected chi connectivity index (χ3v) is 3.12. The van der Waals surface area contributed by atoms with Crippen molar-refractivity contribution in [2.45, 2.75) is 19.5 Å². The van der Waals surface area contributed by atoms with Crippen molar-refractivity contribution in [1.82, 2.24) is 10.2 Å². The lowest BCUT2D eigenvalue weighted by molar-refractivity contribution is 0.198. The molecule has 1 heterocycles. The van der Waals surface area contributed by atoms with Gasteiger partial charge in [0.1, 0.15) is 5.75 Å². The summed E-state index contributed by atoms with van der Waals surface area (Å²) in [7, 11) is 0. The third kappa shape index (κ3) is 2.88. The van der Waals surface area contributed by atoms with E-state index in [0.717, 1.165) is 31.7 Å².